The molecule has 86 valence electrons. The molecule has 2 aliphatic heterocycles. The van der Waals surface area contributed by atoms with Crippen LogP contribution in [0.15, 0.2) is 5.16 Å². The molecule has 0 saturated carbocycles. The van der Waals surface area contributed by atoms with Crippen LogP contribution in [-0.2, 0) is 0 Å². The van der Waals surface area contributed by atoms with Gasteiger partial charge in [-0.1, -0.05) is 5.16 Å². The van der Waals surface area contributed by atoms with Crippen LogP contribution in [0, 0.1) is 0 Å². The minimum atomic E-state index is -0.968. The van der Waals surface area contributed by atoms with Crippen LogP contribution in [-0.4, -0.2) is 74.3 Å². The maximum Gasteiger partial charge on any atom is 0.160 e. The van der Waals surface area contributed by atoms with E-state index in [1.54, 1.807) is 10.0 Å². The Hall–Kier alpha value is -0.890. The fraction of sp³-hybridized carbons (Fsp3) is 0.875. The zero-order valence-corrected chi connectivity index (χ0v) is 8.19. The van der Waals surface area contributed by atoms with Gasteiger partial charge in [0.05, 0.1) is 19.2 Å². The van der Waals surface area contributed by atoms with Gasteiger partial charge in [-0.2, -0.15) is 0 Å². The third kappa shape index (κ3) is 1.57. The van der Waals surface area contributed by atoms with Gasteiger partial charge in [0.1, 0.15) is 12.2 Å². The Balaban J connectivity index is 2.21. The number of amidine groups is 1. The average Bonchev–Trinajstić information content (AvgIpc) is 2.62. The highest BCUT2D eigenvalue weighted by Crippen LogP contribution is 2.25. The van der Waals surface area contributed by atoms with Gasteiger partial charge in [0.25, 0.3) is 0 Å². The van der Waals surface area contributed by atoms with Crippen LogP contribution in [0.25, 0.3) is 0 Å². The van der Waals surface area contributed by atoms with Crippen molar-refractivity contribution in [2.45, 2.75) is 24.7 Å². The lowest BCUT2D eigenvalue weighted by molar-refractivity contribution is -0.152. The van der Waals surface area contributed by atoms with Crippen LogP contribution in [0.2, 0.25) is 0 Å². The lowest BCUT2D eigenvalue weighted by Crippen LogP contribution is -2.63. The highest BCUT2D eigenvalue weighted by molar-refractivity contribution is 5.83. The molecule has 0 aromatic heterocycles. The van der Waals surface area contributed by atoms with Gasteiger partial charge in [-0.25, -0.2) is 5.01 Å². The second kappa shape index (κ2) is 3.93. The molecule has 2 rings (SSSR count). The van der Waals surface area contributed by atoms with Gasteiger partial charge in [0.2, 0.25) is 0 Å². The molecule has 15 heavy (non-hydrogen) atoms. The molecule has 2 saturated heterocycles. The molecule has 0 unspecified atom stereocenters. The molecule has 3 atom stereocenters. The average molecular weight is 217 g/mol. The predicted molar refractivity (Wildman–Crippen MR) is 50.1 cm³/mol. The summed E-state index contributed by atoms with van der Waals surface area (Å²) in [5.74, 6) is 0.458. The second-order valence-corrected chi connectivity index (χ2v) is 3.82. The Bertz CT molecular complexity index is 273. The number of rotatable bonds is 1. The smallest absolute Gasteiger partial charge is 0.160 e. The Morgan fingerprint density at radius 1 is 1.40 bits per heavy atom. The Labute approximate surface area is 86.8 Å². The first kappa shape index (κ1) is 10.6. The lowest BCUT2D eigenvalue weighted by atomic mass is 10.0. The molecule has 0 aromatic rings. The van der Waals surface area contributed by atoms with Crippen LogP contribution in [0.4, 0.5) is 0 Å². The third-order valence-corrected chi connectivity index (χ3v) is 3.01. The van der Waals surface area contributed by atoms with E-state index < -0.39 is 18.2 Å². The third-order valence-electron chi connectivity index (χ3n) is 3.01. The predicted octanol–water partition coefficient (Wildman–Crippen LogP) is -2.21. The summed E-state index contributed by atoms with van der Waals surface area (Å²) >= 11 is 0. The van der Waals surface area contributed by atoms with E-state index in [0.29, 0.717) is 18.8 Å². The van der Waals surface area contributed by atoms with Crippen molar-refractivity contribution in [3.63, 3.8) is 0 Å². The van der Waals surface area contributed by atoms with E-state index in [-0.39, 0.29) is 13.2 Å². The highest BCUT2D eigenvalue weighted by Gasteiger charge is 2.44. The zero-order chi connectivity index (χ0) is 11.0. The Morgan fingerprint density at radius 3 is 2.73 bits per heavy atom. The summed E-state index contributed by atoms with van der Waals surface area (Å²) in [4.78, 5) is 0. The van der Waals surface area contributed by atoms with Crippen molar-refractivity contribution in [1.29, 1.82) is 0 Å². The van der Waals surface area contributed by atoms with Crippen molar-refractivity contribution in [2.75, 3.05) is 19.7 Å². The van der Waals surface area contributed by atoms with Crippen molar-refractivity contribution < 1.29 is 20.5 Å². The number of fused-ring (bicyclic) bond motifs is 1. The zero-order valence-electron chi connectivity index (χ0n) is 8.19. The van der Waals surface area contributed by atoms with Gasteiger partial charge in [-0.3, -0.25) is 5.01 Å². The Morgan fingerprint density at radius 2 is 2.13 bits per heavy atom. The van der Waals surface area contributed by atoms with E-state index in [1.807, 2.05) is 0 Å². The fourth-order valence-corrected chi connectivity index (χ4v) is 2.19. The maximum absolute atomic E-state index is 9.66. The van der Waals surface area contributed by atoms with E-state index in [4.69, 9.17) is 10.3 Å². The monoisotopic (exact) mass is 217 g/mol. The summed E-state index contributed by atoms with van der Waals surface area (Å²) < 4.78 is 0. The molecule has 0 spiro atoms. The largest absolute Gasteiger partial charge is 0.409 e. The van der Waals surface area contributed by atoms with Crippen LogP contribution >= 0.6 is 0 Å². The van der Waals surface area contributed by atoms with Crippen molar-refractivity contribution in [2.24, 2.45) is 5.16 Å². The minimum Gasteiger partial charge on any atom is -0.409 e. The van der Waals surface area contributed by atoms with Gasteiger partial charge in [-0.15, -0.1) is 0 Å². The molecule has 7 heteroatoms. The van der Waals surface area contributed by atoms with Crippen LogP contribution in [0.1, 0.15) is 6.42 Å². The summed E-state index contributed by atoms with van der Waals surface area (Å²) in [6.45, 7) is 0.527. The molecular formula is C8H15N3O4. The molecule has 0 bridgehead atoms. The molecule has 0 radical (unpaired) electrons. The van der Waals surface area contributed by atoms with E-state index in [2.05, 4.69) is 5.16 Å². The molecule has 0 amide bonds. The number of aliphatic hydroxyl groups is 3. The standard InChI is InChI=1S/C8H15N3O4/c12-4-5-8(14)6(13)3-11-7(9-15)1-2-10(5)11/h5-6,8,12-15H,1-4H2/b9-7-/t5-,6-,8-/m1/s1. The Kier molecular flexibility index (Phi) is 2.79. The molecule has 0 aromatic carbocycles. The van der Waals surface area contributed by atoms with Gasteiger partial charge in [-0.05, 0) is 0 Å². The topological polar surface area (TPSA) is 99.8 Å². The lowest BCUT2D eigenvalue weighted by Gasteiger charge is -2.44. The van der Waals surface area contributed by atoms with E-state index in [0.717, 1.165) is 0 Å². The van der Waals surface area contributed by atoms with E-state index >= 15 is 0 Å². The van der Waals surface area contributed by atoms with Crippen LogP contribution < -0.4 is 0 Å². The van der Waals surface area contributed by atoms with Crippen molar-refractivity contribution in [3.8, 4) is 0 Å². The van der Waals surface area contributed by atoms with E-state index in [9.17, 15) is 10.2 Å². The fourth-order valence-electron chi connectivity index (χ4n) is 2.19. The number of nitrogens with zero attached hydrogens (tertiary/aromatic N) is 3. The van der Waals surface area contributed by atoms with Crippen LogP contribution in [0.3, 0.4) is 0 Å². The molecule has 7 nitrogen and oxygen atoms in total. The molecule has 0 aliphatic carbocycles. The summed E-state index contributed by atoms with van der Waals surface area (Å²) in [5, 5.41) is 43.6. The van der Waals surface area contributed by atoms with E-state index in [1.165, 1.54) is 0 Å². The summed E-state index contributed by atoms with van der Waals surface area (Å²) in [5.41, 5.74) is 0. The quantitative estimate of drug-likeness (QED) is 0.294. The first-order valence-corrected chi connectivity index (χ1v) is 4.91. The van der Waals surface area contributed by atoms with Crippen molar-refractivity contribution in [3.05, 3.63) is 0 Å². The van der Waals surface area contributed by atoms with Crippen molar-refractivity contribution >= 4 is 5.84 Å². The number of hydrogen-bond donors (Lipinski definition) is 4. The summed E-state index contributed by atoms with van der Waals surface area (Å²) in [6, 6.07) is -0.534. The molecule has 2 heterocycles. The molecule has 4 N–H and O–H groups in total. The molecule has 2 fully saturated rings. The number of oxime groups is 1. The summed E-state index contributed by atoms with van der Waals surface area (Å²) in [6.07, 6.45) is -1.36. The number of aliphatic hydroxyl groups excluding tert-OH is 3. The molecule has 2 aliphatic rings. The molecular weight excluding hydrogens is 202 g/mol. The van der Waals surface area contributed by atoms with Crippen LogP contribution in [0.5, 0.6) is 0 Å². The summed E-state index contributed by atoms with van der Waals surface area (Å²) in [7, 11) is 0. The minimum absolute atomic E-state index is 0.192. The normalized spacial score (nSPS) is 39.8. The SMILES string of the molecule is OC[C@@H]1[C@@H](O)[C@H](O)CN2/C(=N\O)CCN12. The first-order valence-electron chi connectivity index (χ1n) is 4.91. The number of hydrogen-bond acceptors (Lipinski definition) is 6. The first-order chi connectivity index (χ1) is 7.19. The highest BCUT2D eigenvalue weighted by atomic mass is 16.4. The van der Waals surface area contributed by atoms with Gasteiger partial charge in [0.15, 0.2) is 5.84 Å². The van der Waals surface area contributed by atoms with Gasteiger partial charge >= 0.3 is 0 Å². The number of hydrazine groups is 1. The van der Waals surface area contributed by atoms with Crippen molar-refractivity contribution in [1.82, 2.24) is 10.0 Å². The maximum atomic E-state index is 9.66. The second-order valence-electron chi connectivity index (χ2n) is 3.82. The van der Waals surface area contributed by atoms with Gasteiger partial charge < -0.3 is 20.5 Å². The van der Waals surface area contributed by atoms with Gasteiger partial charge in [0, 0.05) is 13.0 Å².